The van der Waals surface area contributed by atoms with Crippen LogP contribution in [0.15, 0.2) is 65.8 Å². The van der Waals surface area contributed by atoms with E-state index < -0.39 is 0 Å². The molecule has 4 aliphatic rings. The Morgan fingerprint density at radius 3 is 2.62 bits per heavy atom. The molecule has 1 aromatic rings. The summed E-state index contributed by atoms with van der Waals surface area (Å²) in [6, 6.07) is 11.0. The minimum Gasteiger partial charge on any atom is -0.299 e. The van der Waals surface area contributed by atoms with Gasteiger partial charge in [0.2, 0.25) is 0 Å². The highest BCUT2D eigenvalue weighted by Crippen LogP contribution is 2.60. The second-order valence-electron chi connectivity index (χ2n) is 12.2. The van der Waals surface area contributed by atoms with Crippen LogP contribution in [0.3, 0.4) is 0 Å². The molecule has 0 aliphatic heterocycles. The molecule has 0 heterocycles. The van der Waals surface area contributed by atoms with Crippen LogP contribution in [-0.4, -0.2) is 5.78 Å². The number of allylic oxidation sites excluding steroid dienone is 5. The zero-order valence-corrected chi connectivity index (χ0v) is 21.5. The third-order valence-electron chi connectivity index (χ3n) is 10.1. The highest BCUT2D eigenvalue weighted by molar-refractivity contribution is 5.83. The van der Waals surface area contributed by atoms with E-state index in [0.29, 0.717) is 29.0 Å². The Morgan fingerprint density at radius 1 is 1.06 bits per heavy atom. The van der Waals surface area contributed by atoms with Crippen molar-refractivity contribution in [3.63, 3.8) is 0 Å². The molecule has 0 spiro atoms. The topological polar surface area (TPSA) is 17.1 Å². The molecule has 1 aromatic carbocycles. The van der Waals surface area contributed by atoms with E-state index in [1.807, 2.05) is 0 Å². The van der Waals surface area contributed by atoms with Gasteiger partial charge in [-0.3, -0.25) is 4.79 Å². The van der Waals surface area contributed by atoms with Crippen molar-refractivity contribution in [2.24, 2.45) is 29.1 Å². The molecule has 0 bridgehead atoms. The number of carbonyl (C=O) groups is 1. The smallest absolute Gasteiger partial charge is 0.135 e. The van der Waals surface area contributed by atoms with Gasteiger partial charge in [-0.2, -0.15) is 0 Å². The van der Waals surface area contributed by atoms with E-state index in [0.717, 1.165) is 37.5 Å². The van der Waals surface area contributed by atoms with Crippen molar-refractivity contribution in [3.8, 4) is 0 Å². The predicted octanol–water partition coefficient (Wildman–Crippen LogP) is 8.97. The maximum atomic E-state index is 12.3. The molecule has 0 aromatic heterocycles. The first-order chi connectivity index (χ1) is 16.5. The highest BCUT2D eigenvalue weighted by atomic mass is 16.1. The lowest BCUT2D eigenvalue weighted by atomic mass is 9.60. The van der Waals surface area contributed by atoms with Crippen molar-refractivity contribution in [2.45, 2.75) is 96.8 Å². The van der Waals surface area contributed by atoms with Gasteiger partial charge in [0, 0.05) is 18.3 Å². The Balaban J connectivity index is 1.28. The van der Waals surface area contributed by atoms with Crippen LogP contribution in [0.25, 0.3) is 0 Å². The Labute approximate surface area is 207 Å². The van der Waals surface area contributed by atoms with Gasteiger partial charge in [0.1, 0.15) is 5.78 Å². The van der Waals surface area contributed by atoms with Crippen LogP contribution in [-0.2, 0) is 4.79 Å². The number of fused-ring (bicyclic) bond motifs is 1. The van der Waals surface area contributed by atoms with Crippen LogP contribution >= 0.6 is 0 Å². The van der Waals surface area contributed by atoms with E-state index in [4.69, 9.17) is 0 Å². The summed E-state index contributed by atoms with van der Waals surface area (Å²) in [6.07, 6.45) is 19.5. The SMILES string of the molecule is C=C1/C(=C\C=C2/CCC[C@]3(C)[C@@H]([C@H](C)CCC(=O)C4CC4)CC[C@@H]23)CCCC1c1ccccc1. The summed E-state index contributed by atoms with van der Waals surface area (Å²) in [7, 11) is 0. The predicted molar refractivity (Wildman–Crippen MR) is 143 cm³/mol. The molecule has 1 unspecified atom stereocenters. The Morgan fingerprint density at radius 2 is 1.85 bits per heavy atom. The monoisotopic (exact) mass is 456 g/mol. The molecular formula is C33H44O. The minimum absolute atomic E-state index is 0.417. The van der Waals surface area contributed by atoms with E-state index >= 15 is 0 Å². The Kier molecular flexibility index (Phi) is 7.01. The summed E-state index contributed by atoms with van der Waals surface area (Å²) in [5.41, 5.74) is 6.34. The van der Waals surface area contributed by atoms with Crippen molar-refractivity contribution < 1.29 is 4.79 Å². The summed E-state index contributed by atoms with van der Waals surface area (Å²) in [6.45, 7) is 9.58. The lowest BCUT2D eigenvalue weighted by Crippen LogP contribution is -2.36. The number of carbonyl (C=O) groups excluding carboxylic acids is 1. The van der Waals surface area contributed by atoms with Crippen LogP contribution in [0.2, 0.25) is 0 Å². The fourth-order valence-electron chi connectivity index (χ4n) is 7.90. The molecule has 4 aliphatic carbocycles. The summed E-state index contributed by atoms with van der Waals surface area (Å²) in [5.74, 6) is 3.61. The zero-order chi connectivity index (χ0) is 23.7. The van der Waals surface area contributed by atoms with Crippen LogP contribution in [0.1, 0.15) is 102 Å². The van der Waals surface area contributed by atoms with Crippen molar-refractivity contribution in [1.82, 2.24) is 0 Å². The van der Waals surface area contributed by atoms with E-state index in [2.05, 4.69) is 62.9 Å². The number of Topliss-reactive ketones (excluding diaryl/α,β-unsaturated/α-hetero) is 1. The fourth-order valence-corrected chi connectivity index (χ4v) is 7.90. The number of hydrogen-bond acceptors (Lipinski definition) is 1. The minimum atomic E-state index is 0.417. The van der Waals surface area contributed by atoms with E-state index in [1.54, 1.807) is 5.57 Å². The molecule has 0 N–H and O–H groups in total. The van der Waals surface area contributed by atoms with Crippen molar-refractivity contribution in [1.29, 1.82) is 0 Å². The van der Waals surface area contributed by atoms with Gasteiger partial charge >= 0.3 is 0 Å². The molecule has 4 saturated carbocycles. The normalized spacial score (nSPS) is 34.9. The Bertz CT molecular complexity index is 962. The third-order valence-corrected chi connectivity index (χ3v) is 10.1. The molecule has 4 fully saturated rings. The van der Waals surface area contributed by atoms with Crippen LogP contribution in [0.4, 0.5) is 0 Å². The van der Waals surface area contributed by atoms with Crippen LogP contribution < -0.4 is 0 Å². The van der Waals surface area contributed by atoms with Gasteiger partial charge in [-0.15, -0.1) is 0 Å². The lowest BCUT2D eigenvalue weighted by molar-refractivity contribution is -0.120. The second-order valence-corrected chi connectivity index (χ2v) is 12.2. The first-order valence-electron chi connectivity index (χ1n) is 14.1. The molecule has 1 nitrogen and oxygen atoms in total. The van der Waals surface area contributed by atoms with Crippen molar-refractivity contribution in [2.75, 3.05) is 0 Å². The molecule has 5 atom stereocenters. The van der Waals surface area contributed by atoms with E-state index in [-0.39, 0.29) is 0 Å². The standard InChI is InChI=1S/C33H44O/c1-23(14-21-32(34)28-17-18-28)30-19-20-31-27(12-8-22-33(30,31)3)16-15-25-11-7-13-29(24(25)2)26-9-5-4-6-10-26/h4-6,9-10,15-16,23,28-31H,2,7-8,11-14,17-22H2,1,3H3/b25-15-,27-16+/t23-,29?,30-,31+,33-/m1/s1. The van der Waals surface area contributed by atoms with Gasteiger partial charge in [0.25, 0.3) is 0 Å². The third kappa shape index (κ3) is 4.77. The fraction of sp³-hybridized carbons (Fsp3) is 0.606. The van der Waals surface area contributed by atoms with Gasteiger partial charge in [0.05, 0.1) is 0 Å². The first kappa shape index (κ1) is 23.8. The van der Waals surface area contributed by atoms with Crippen molar-refractivity contribution >= 4 is 5.78 Å². The number of hydrogen-bond donors (Lipinski definition) is 0. The second kappa shape index (κ2) is 10.00. The number of rotatable bonds is 7. The average molecular weight is 457 g/mol. The molecule has 1 heteroatoms. The summed E-state index contributed by atoms with van der Waals surface area (Å²) in [5, 5.41) is 0. The molecule has 34 heavy (non-hydrogen) atoms. The molecule has 182 valence electrons. The van der Waals surface area contributed by atoms with Crippen LogP contribution in [0, 0.1) is 29.1 Å². The number of benzene rings is 1. The first-order valence-corrected chi connectivity index (χ1v) is 14.1. The lowest BCUT2D eigenvalue weighted by Gasteiger charge is -2.44. The van der Waals surface area contributed by atoms with Gasteiger partial charge < -0.3 is 0 Å². The van der Waals surface area contributed by atoms with E-state index in [9.17, 15) is 4.79 Å². The van der Waals surface area contributed by atoms with Crippen molar-refractivity contribution in [3.05, 3.63) is 71.3 Å². The van der Waals surface area contributed by atoms with Gasteiger partial charge in [-0.25, -0.2) is 0 Å². The summed E-state index contributed by atoms with van der Waals surface area (Å²) in [4.78, 5) is 12.3. The Hall–Kier alpha value is -1.89. The molecule has 0 amide bonds. The zero-order valence-electron chi connectivity index (χ0n) is 21.5. The molecule has 0 radical (unpaired) electrons. The van der Waals surface area contributed by atoms with E-state index in [1.165, 1.54) is 68.1 Å². The van der Waals surface area contributed by atoms with Gasteiger partial charge in [-0.1, -0.05) is 68.5 Å². The maximum Gasteiger partial charge on any atom is 0.135 e. The summed E-state index contributed by atoms with van der Waals surface area (Å²) < 4.78 is 0. The average Bonchev–Trinajstić information content (AvgIpc) is 3.64. The molecule has 5 rings (SSSR count). The number of ketones is 1. The van der Waals surface area contributed by atoms with Gasteiger partial charge in [0.15, 0.2) is 0 Å². The highest BCUT2D eigenvalue weighted by Gasteiger charge is 2.50. The maximum absolute atomic E-state index is 12.3. The van der Waals surface area contributed by atoms with Gasteiger partial charge in [-0.05, 0) is 111 Å². The molecule has 0 saturated heterocycles. The molecular weight excluding hydrogens is 412 g/mol. The van der Waals surface area contributed by atoms with Crippen LogP contribution in [0.5, 0.6) is 0 Å². The quantitative estimate of drug-likeness (QED) is 0.400. The summed E-state index contributed by atoms with van der Waals surface area (Å²) >= 11 is 0. The largest absolute Gasteiger partial charge is 0.299 e.